The summed E-state index contributed by atoms with van der Waals surface area (Å²) >= 11 is 0. The Labute approximate surface area is 122 Å². The number of ketones is 1. The smallest absolute Gasteiger partial charge is 0.186 e. The van der Waals surface area contributed by atoms with Crippen LogP contribution in [0.2, 0.25) is 0 Å². The molecule has 0 saturated heterocycles. The fourth-order valence-electron chi connectivity index (χ4n) is 3.75. The molecule has 1 heteroatoms. The highest BCUT2D eigenvalue weighted by molar-refractivity contribution is 6.26. The normalized spacial score (nSPS) is 15.1. The fourth-order valence-corrected chi connectivity index (χ4v) is 3.75. The second kappa shape index (κ2) is 3.70. The summed E-state index contributed by atoms with van der Waals surface area (Å²) in [6.45, 7) is 0. The van der Waals surface area contributed by atoms with Crippen molar-refractivity contribution in [2.75, 3.05) is 0 Å². The summed E-state index contributed by atoms with van der Waals surface area (Å²) < 4.78 is 0. The zero-order valence-corrected chi connectivity index (χ0v) is 11.4. The third kappa shape index (κ3) is 1.28. The van der Waals surface area contributed by atoms with E-state index < -0.39 is 0 Å². The molecule has 0 bridgehead atoms. The van der Waals surface area contributed by atoms with Gasteiger partial charge in [0.05, 0.1) is 0 Å². The largest absolute Gasteiger partial charge is 0.289 e. The van der Waals surface area contributed by atoms with E-state index in [-0.39, 0.29) is 5.78 Å². The lowest BCUT2D eigenvalue weighted by Gasteiger charge is -2.21. The van der Waals surface area contributed by atoms with Gasteiger partial charge < -0.3 is 0 Å². The number of carbonyl (C=O) groups excluding carboxylic acids is 1. The third-order valence-corrected chi connectivity index (χ3v) is 4.62. The summed E-state index contributed by atoms with van der Waals surface area (Å²) in [7, 11) is 0. The number of hydrogen-bond acceptors (Lipinski definition) is 1. The SMILES string of the molecule is O=C1C=Cc2c3cccc4c3c(c3cccc1c23)C=CC4. The predicted molar refractivity (Wildman–Crippen MR) is 87.6 cm³/mol. The first-order chi connectivity index (χ1) is 10.3. The highest BCUT2D eigenvalue weighted by atomic mass is 16.1. The van der Waals surface area contributed by atoms with E-state index in [4.69, 9.17) is 0 Å². The lowest BCUT2D eigenvalue weighted by molar-refractivity contribution is 0.104. The molecule has 21 heavy (non-hydrogen) atoms. The Morgan fingerprint density at radius 1 is 0.762 bits per heavy atom. The van der Waals surface area contributed by atoms with Crippen molar-refractivity contribution in [3.63, 3.8) is 0 Å². The van der Waals surface area contributed by atoms with E-state index in [2.05, 4.69) is 36.4 Å². The van der Waals surface area contributed by atoms with E-state index in [9.17, 15) is 4.79 Å². The molecule has 0 radical (unpaired) electrons. The van der Waals surface area contributed by atoms with Crippen LogP contribution < -0.4 is 0 Å². The van der Waals surface area contributed by atoms with Crippen LogP contribution in [-0.2, 0) is 6.42 Å². The van der Waals surface area contributed by atoms with E-state index in [1.165, 1.54) is 32.8 Å². The Balaban J connectivity index is 2.17. The van der Waals surface area contributed by atoms with Gasteiger partial charge in [0.2, 0.25) is 0 Å². The average molecular weight is 268 g/mol. The van der Waals surface area contributed by atoms with Crippen LogP contribution in [0.1, 0.15) is 27.0 Å². The van der Waals surface area contributed by atoms with E-state index in [0.717, 1.165) is 17.4 Å². The van der Waals surface area contributed by atoms with Gasteiger partial charge in [-0.25, -0.2) is 0 Å². The first kappa shape index (κ1) is 11.0. The zero-order chi connectivity index (χ0) is 14.0. The van der Waals surface area contributed by atoms with Gasteiger partial charge in [-0.2, -0.15) is 0 Å². The van der Waals surface area contributed by atoms with Gasteiger partial charge in [0, 0.05) is 10.9 Å². The molecule has 1 nitrogen and oxygen atoms in total. The maximum atomic E-state index is 12.2. The molecule has 0 amide bonds. The summed E-state index contributed by atoms with van der Waals surface area (Å²) in [4.78, 5) is 12.2. The summed E-state index contributed by atoms with van der Waals surface area (Å²) in [5, 5.41) is 4.90. The molecule has 0 heterocycles. The van der Waals surface area contributed by atoms with E-state index in [1.807, 2.05) is 18.2 Å². The van der Waals surface area contributed by atoms with Crippen molar-refractivity contribution in [2.45, 2.75) is 6.42 Å². The van der Waals surface area contributed by atoms with Crippen LogP contribution in [0, 0.1) is 0 Å². The lowest BCUT2D eigenvalue weighted by atomic mass is 9.82. The van der Waals surface area contributed by atoms with E-state index >= 15 is 0 Å². The third-order valence-electron chi connectivity index (χ3n) is 4.62. The topological polar surface area (TPSA) is 17.1 Å². The molecule has 98 valence electrons. The summed E-state index contributed by atoms with van der Waals surface area (Å²) in [5.41, 5.74) is 4.65. The molecule has 0 atom stereocenters. The van der Waals surface area contributed by atoms with Crippen molar-refractivity contribution in [1.29, 1.82) is 0 Å². The van der Waals surface area contributed by atoms with E-state index in [1.54, 1.807) is 6.08 Å². The van der Waals surface area contributed by atoms with Crippen LogP contribution >= 0.6 is 0 Å². The molecule has 2 aliphatic rings. The van der Waals surface area contributed by atoms with Crippen LogP contribution in [0.5, 0.6) is 0 Å². The summed E-state index contributed by atoms with van der Waals surface area (Å²) in [6, 6.07) is 12.6. The van der Waals surface area contributed by atoms with Crippen molar-refractivity contribution in [2.24, 2.45) is 0 Å². The molecule has 0 saturated carbocycles. The molecule has 0 fully saturated rings. The number of rotatable bonds is 0. The minimum atomic E-state index is 0.107. The lowest BCUT2D eigenvalue weighted by Crippen LogP contribution is -2.04. The first-order valence-corrected chi connectivity index (χ1v) is 7.24. The van der Waals surface area contributed by atoms with Gasteiger partial charge in [-0.05, 0) is 51.4 Å². The van der Waals surface area contributed by atoms with Crippen LogP contribution in [0.3, 0.4) is 0 Å². The number of allylic oxidation sites excluding steroid dienone is 2. The minimum Gasteiger partial charge on any atom is -0.289 e. The maximum Gasteiger partial charge on any atom is 0.186 e. The van der Waals surface area contributed by atoms with Crippen LogP contribution in [0.4, 0.5) is 0 Å². The van der Waals surface area contributed by atoms with Gasteiger partial charge in [-0.3, -0.25) is 4.79 Å². The van der Waals surface area contributed by atoms with Crippen LogP contribution in [0.15, 0.2) is 48.6 Å². The molecule has 3 aromatic carbocycles. The Morgan fingerprint density at radius 2 is 1.52 bits per heavy atom. The second-order valence-corrected chi connectivity index (χ2v) is 5.70. The van der Waals surface area contributed by atoms with Crippen molar-refractivity contribution < 1.29 is 4.79 Å². The fraction of sp³-hybridized carbons (Fsp3) is 0.0500. The monoisotopic (exact) mass is 268 g/mol. The standard InChI is InChI=1S/C20H12O/c21-18-11-10-16-14-7-2-5-12-4-1-6-13(19(12)14)15-8-3-9-17(18)20(15)16/h1-3,5-11H,4H2. The highest BCUT2D eigenvalue weighted by Crippen LogP contribution is 2.41. The van der Waals surface area contributed by atoms with Crippen molar-refractivity contribution in [1.82, 2.24) is 0 Å². The minimum absolute atomic E-state index is 0.107. The molecular formula is C20H12O. The number of carbonyl (C=O) groups is 1. The molecule has 2 aliphatic carbocycles. The van der Waals surface area contributed by atoms with Gasteiger partial charge in [0.25, 0.3) is 0 Å². The maximum absolute atomic E-state index is 12.2. The zero-order valence-electron chi connectivity index (χ0n) is 11.4. The van der Waals surface area contributed by atoms with Crippen molar-refractivity contribution in [3.05, 3.63) is 70.8 Å². The van der Waals surface area contributed by atoms with Gasteiger partial charge in [0.15, 0.2) is 5.78 Å². The van der Waals surface area contributed by atoms with Gasteiger partial charge in [0.1, 0.15) is 0 Å². The molecule has 0 aromatic heterocycles. The van der Waals surface area contributed by atoms with Gasteiger partial charge >= 0.3 is 0 Å². The molecular weight excluding hydrogens is 256 g/mol. The predicted octanol–water partition coefficient (Wildman–Crippen LogP) is 4.77. The highest BCUT2D eigenvalue weighted by Gasteiger charge is 2.21. The van der Waals surface area contributed by atoms with Gasteiger partial charge in [-0.15, -0.1) is 0 Å². The number of hydrogen-bond donors (Lipinski definition) is 0. The molecule has 0 unspecified atom stereocenters. The Hall–Kier alpha value is -2.67. The Bertz CT molecular complexity index is 1020. The van der Waals surface area contributed by atoms with E-state index in [0.29, 0.717) is 0 Å². The molecule has 0 spiro atoms. The Morgan fingerprint density at radius 3 is 2.43 bits per heavy atom. The molecule has 5 rings (SSSR count). The van der Waals surface area contributed by atoms with Crippen LogP contribution in [0.25, 0.3) is 33.7 Å². The first-order valence-electron chi connectivity index (χ1n) is 7.24. The Kier molecular flexibility index (Phi) is 1.95. The van der Waals surface area contributed by atoms with Crippen molar-refractivity contribution in [3.8, 4) is 0 Å². The molecule has 0 N–H and O–H groups in total. The average Bonchev–Trinajstić information content (AvgIpc) is 2.54. The number of fused-ring (bicyclic) bond motifs is 2. The molecule has 3 aromatic rings. The van der Waals surface area contributed by atoms with Crippen molar-refractivity contribution >= 4 is 39.5 Å². The second-order valence-electron chi connectivity index (χ2n) is 5.70. The van der Waals surface area contributed by atoms with Gasteiger partial charge in [-0.1, -0.05) is 48.6 Å². The van der Waals surface area contributed by atoms with Crippen LogP contribution in [-0.4, -0.2) is 5.78 Å². The quantitative estimate of drug-likeness (QED) is 0.537. The number of benzene rings is 3. The molecule has 0 aliphatic heterocycles. The summed E-state index contributed by atoms with van der Waals surface area (Å²) in [5.74, 6) is 0.107. The summed E-state index contributed by atoms with van der Waals surface area (Å²) in [6.07, 6.45) is 9.09.